The van der Waals surface area contributed by atoms with E-state index in [4.69, 9.17) is 19.9 Å². The van der Waals surface area contributed by atoms with Gasteiger partial charge in [0.25, 0.3) is 0 Å². The topological polar surface area (TPSA) is 110 Å². The van der Waals surface area contributed by atoms with E-state index in [0.29, 0.717) is 32.4 Å². The van der Waals surface area contributed by atoms with Crippen molar-refractivity contribution in [3.05, 3.63) is 18.7 Å². The number of imidazole rings is 1. The quantitative estimate of drug-likeness (QED) is 0.655. The number of hydrogen-bond donors (Lipinski definition) is 1. The molecule has 0 fully saturated rings. The summed E-state index contributed by atoms with van der Waals surface area (Å²) in [5.41, 5.74) is 5.61. The Bertz CT molecular complexity index is 519. The Morgan fingerprint density at radius 1 is 1.15 bits per heavy atom. The first-order chi connectivity index (χ1) is 9.79. The van der Waals surface area contributed by atoms with Crippen LogP contribution in [-0.2, 0) is 9.47 Å². The molecule has 2 N–H and O–H groups in total. The van der Waals surface area contributed by atoms with Crippen molar-refractivity contribution in [1.82, 2.24) is 24.5 Å². The minimum absolute atomic E-state index is 0.0824. The Labute approximate surface area is 115 Å². The molecule has 0 bridgehead atoms. The molecule has 2 heterocycles. The van der Waals surface area contributed by atoms with E-state index < -0.39 is 0 Å². The molecule has 9 heteroatoms. The predicted octanol–water partition coefficient (Wildman–Crippen LogP) is -0.319. The molecule has 0 aromatic carbocycles. The summed E-state index contributed by atoms with van der Waals surface area (Å²) in [4.78, 5) is 15.9. The van der Waals surface area contributed by atoms with Gasteiger partial charge in [0.2, 0.25) is 11.9 Å². The van der Waals surface area contributed by atoms with E-state index in [2.05, 4.69) is 19.9 Å². The van der Waals surface area contributed by atoms with Crippen molar-refractivity contribution < 1.29 is 14.2 Å². The van der Waals surface area contributed by atoms with Gasteiger partial charge in [0.1, 0.15) is 12.9 Å². The molecule has 108 valence electrons. The summed E-state index contributed by atoms with van der Waals surface area (Å²) in [7, 11) is 1.62. The molecule has 0 saturated carbocycles. The van der Waals surface area contributed by atoms with E-state index in [1.54, 1.807) is 30.4 Å². The molecule has 0 aliphatic rings. The fourth-order valence-corrected chi connectivity index (χ4v) is 1.35. The Kier molecular flexibility index (Phi) is 5.21. The van der Waals surface area contributed by atoms with Gasteiger partial charge in [-0.3, -0.25) is 4.57 Å². The zero-order valence-corrected chi connectivity index (χ0v) is 11.1. The lowest BCUT2D eigenvalue weighted by atomic mass is 10.7. The van der Waals surface area contributed by atoms with Crippen LogP contribution in [0, 0.1) is 0 Å². The third-order valence-corrected chi connectivity index (χ3v) is 2.25. The van der Waals surface area contributed by atoms with E-state index in [9.17, 15) is 0 Å². The maximum absolute atomic E-state index is 5.61. The van der Waals surface area contributed by atoms with Crippen molar-refractivity contribution in [3.63, 3.8) is 0 Å². The van der Waals surface area contributed by atoms with Crippen LogP contribution in [0.2, 0.25) is 0 Å². The van der Waals surface area contributed by atoms with E-state index in [1.165, 1.54) is 0 Å². The molecule has 0 unspecified atom stereocenters. The second kappa shape index (κ2) is 7.36. The minimum atomic E-state index is 0.0824. The lowest BCUT2D eigenvalue weighted by Crippen LogP contribution is -2.13. The monoisotopic (exact) mass is 280 g/mol. The number of ether oxygens (including phenoxy) is 3. The molecule has 0 atom stereocenters. The first-order valence-corrected chi connectivity index (χ1v) is 5.99. The Balaban J connectivity index is 1.88. The SMILES string of the molecule is COCCOCCOc1nc(N)nc(-n2ccnc2)n1. The fourth-order valence-electron chi connectivity index (χ4n) is 1.35. The fraction of sp³-hybridized carbons (Fsp3) is 0.455. The second-order valence-electron chi connectivity index (χ2n) is 3.70. The van der Waals surface area contributed by atoms with Crippen LogP contribution < -0.4 is 10.5 Å². The zero-order valence-electron chi connectivity index (χ0n) is 11.1. The van der Waals surface area contributed by atoms with Gasteiger partial charge in [-0.05, 0) is 0 Å². The third kappa shape index (κ3) is 4.14. The first kappa shape index (κ1) is 14.2. The minimum Gasteiger partial charge on any atom is -0.461 e. The van der Waals surface area contributed by atoms with Crippen molar-refractivity contribution in [2.75, 3.05) is 39.3 Å². The molecular formula is C11H16N6O3. The van der Waals surface area contributed by atoms with Gasteiger partial charge < -0.3 is 19.9 Å². The Morgan fingerprint density at radius 2 is 2.00 bits per heavy atom. The number of nitrogen functional groups attached to an aromatic ring is 1. The highest BCUT2D eigenvalue weighted by atomic mass is 16.5. The molecular weight excluding hydrogens is 264 g/mol. The van der Waals surface area contributed by atoms with Crippen LogP contribution >= 0.6 is 0 Å². The Hall–Kier alpha value is -2.26. The predicted molar refractivity (Wildman–Crippen MR) is 69.6 cm³/mol. The smallest absolute Gasteiger partial charge is 0.323 e. The van der Waals surface area contributed by atoms with Gasteiger partial charge >= 0.3 is 6.01 Å². The molecule has 2 aromatic heterocycles. The van der Waals surface area contributed by atoms with E-state index >= 15 is 0 Å². The summed E-state index contributed by atoms with van der Waals surface area (Å²) in [6.07, 6.45) is 4.88. The van der Waals surface area contributed by atoms with Crippen LogP contribution in [0.3, 0.4) is 0 Å². The molecule has 2 rings (SSSR count). The number of rotatable bonds is 8. The van der Waals surface area contributed by atoms with E-state index in [0.717, 1.165) is 0 Å². The summed E-state index contributed by atoms with van der Waals surface area (Å²) < 4.78 is 17.1. The molecule has 0 amide bonds. The highest BCUT2D eigenvalue weighted by Crippen LogP contribution is 2.08. The largest absolute Gasteiger partial charge is 0.461 e. The van der Waals surface area contributed by atoms with Crippen molar-refractivity contribution in [2.45, 2.75) is 0 Å². The van der Waals surface area contributed by atoms with Crippen LogP contribution in [0.5, 0.6) is 6.01 Å². The third-order valence-electron chi connectivity index (χ3n) is 2.25. The maximum atomic E-state index is 5.61. The molecule has 0 saturated heterocycles. The molecule has 0 spiro atoms. The number of nitrogens with zero attached hydrogens (tertiary/aromatic N) is 5. The summed E-state index contributed by atoms with van der Waals surface area (Å²) in [5.74, 6) is 0.435. The summed E-state index contributed by atoms with van der Waals surface area (Å²) in [6, 6.07) is 0.150. The first-order valence-electron chi connectivity index (χ1n) is 5.99. The van der Waals surface area contributed by atoms with Crippen molar-refractivity contribution >= 4 is 5.95 Å². The number of anilines is 1. The van der Waals surface area contributed by atoms with Gasteiger partial charge in [0.05, 0.1) is 19.8 Å². The van der Waals surface area contributed by atoms with E-state index in [1.807, 2.05) is 0 Å². The average Bonchev–Trinajstić information content (AvgIpc) is 2.96. The van der Waals surface area contributed by atoms with Crippen molar-refractivity contribution in [1.29, 1.82) is 0 Å². The van der Waals surface area contributed by atoms with Gasteiger partial charge in [-0.1, -0.05) is 0 Å². The zero-order chi connectivity index (χ0) is 14.2. The molecule has 9 nitrogen and oxygen atoms in total. The number of hydrogen-bond acceptors (Lipinski definition) is 8. The van der Waals surface area contributed by atoms with Crippen LogP contribution in [-0.4, -0.2) is 58.0 Å². The highest BCUT2D eigenvalue weighted by molar-refractivity contribution is 5.24. The molecule has 2 aromatic rings. The molecule has 0 aliphatic carbocycles. The number of aromatic nitrogens is 5. The van der Waals surface area contributed by atoms with Crippen LogP contribution in [0.1, 0.15) is 0 Å². The lowest BCUT2D eigenvalue weighted by molar-refractivity contribution is 0.0528. The summed E-state index contributed by atoms with van der Waals surface area (Å²) >= 11 is 0. The second-order valence-corrected chi connectivity index (χ2v) is 3.70. The van der Waals surface area contributed by atoms with Gasteiger partial charge in [-0.15, -0.1) is 0 Å². The molecule has 0 radical (unpaired) electrons. The molecule has 20 heavy (non-hydrogen) atoms. The number of nitrogens with two attached hydrogens (primary N) is 1. The normalized spacial score (nSPS) is 10.7. The van der Waals surface area contributed by atoms with E-state index in [-0.39, 0.29) is 12.0 Å². The summed E-state index contributed by atoms with van der Waals surface area (Å²) in [6.45, 7) is 1.79. The van der Waals surface area contributed by atoms with Gasteiger partial charge in [-0.2, -0.15) is 15.0 Å². The average molecular weight is 280 g/mol. The summed E-state index contributed by atoms with van der Waals surface area (Å²) in [5, 5.41) is 0. The maximum Gasteiger partial charge on any atom is 0.323 e. The van der Waals surface area contributed by atoms with Crippen LogP contribution in [0.25, 0.3) is 5.95 Å². The van der Waals surface area contributed by atoms with Crippen LogP contribution in [0.4, 0.5) is 5.95 Å². The van der Waals surface area contributed by atoms with Crippen LogP contribution in [0.15, 0.2) is 18.7 Å². The number of methoxy groups -OCH3 is 1. The lowest BCUT2D eigenvalue weighted by Gasteiger charge is -2.07. The van der Waals surface area contributed by atoms with Gasteiger partial charge in [0.15, 0.2) is 0 Å². The van der Waals surface area contributed by atoms with Gasteiger partial charge in [-0.25, -0.2) is 4.98 Å². The standard InChI is InChI=1S/C11H16N6O3/c1-18-4-5-19-6-7-20-11-15-9(12)14-10(16-11)17-3-2-13-8-17/h2-3,8H,4-7H2,1H3,(H2,12,14,15,16). The highest BCUT2D eigenvalue weighted by Gasteiger charge is 2.06. The van der Waals surface area contributed by atoms with Crippen molar-refractivity contribution in [3.8, 4) is 12.0 Å². The molecule has 0 aliphatic heterocycles. The Morgan fingerprint density at radius 3 is 2.75 bits per heavy atom. The van der Waals surface area contributed by atoms with Crippen molar-refractivity contribution in [2.24, 2.45) is 0 Å². The van der Waals surface area contributed by atoms with Gasteiger partial charge in [0, 0.05) is 19.5 Å².